The number of hydrogen-bond acceptors (Lipinski definition) is 3. The van der Waals surface area contributed by atoms with E-state index in [9.17, 15) is 18.0 Å². The second-order valence-corrected chi connectivity index (χ2v) is 3.94. The van der Waals surface area contributed by atoms with E-state index in [1.54, 1.807) is 0 Å². The van der Waals surface area contributed by atoms with Gasteiger partial charge in [0.15, 0.2) is 11.5 Å². The van der Waals surface area contributed by atoms with Crippen molar-refractivity contribution in [2.75, 3.05) is 5.73 Å². The number of Topliss-reactive ketones (excluding diaryl/α,β-unsaturated/α-hetero) is 1. The van der Waals surface area contributed by atoms with Crippen molar-refractivity contribution in [3.05, 3.63) is 23.8 Å². The van der Waals surface area contributed by atoms with Gasteiger partial charge in [0.1, 0.15) is 0 Å². The number of rotatable bonds is 3. The van der Waals surface area contributed by atoms with Crippen LogP contribution in [0.1, 0.15) is 17.3 Å². The average molecular weight is 268 g/mol. The third-order valence-corrected chi connectivity index (χ3v) is 2.08. The van der Waals surface area contributed by atoms with Gasteiger partial charge in [0.2, 0.25) is 0 Å². The molecule has 0 fully saturated rings. The highest BCUT2D eigenvalue weighted by atomic mass is 35.5. The molecule has 2 N–H and O–H groups in total. The number of nitrogen functional groups attached to an aromatic ring is 1. The molecule has 1 aromatic carbocycles. The van der Waals surface area contributed by atoms with Crippen molar-refractivity contribution in [1.82, 2.24) is 0 Å². The molecule has 0 radical (unpaired) electrons. The molecule has 0 aliphatic heterocycles. The lowest BCUT2D eigenvalue weighted by Gasteiger charge is -2.12. The minimum absolute atomic E-state index is 0.138. The molecule has 1 unspecified atom stereocenters. The molecular weight excluding hydrogens is 259 g/mol. The predicted octanol–water partition coefficient (Wildman–Crippen LogP) is 2.98. The quantitative estimate of drug-likeness (QED) is 0.520. The van der Waals surface area contributed by atoms with Crippen LogP contribution in [0.3, 0.4) is 0 Å². The van der Waals surface area contributed by atoms with Crippen molar-refractivity contribution in [3.8, 4) is 5.75 Å². The van der Waals surface area contributed by atoms with E-state index in [1.807, 2.05) is 0 Å². The van der Waals surface area contributed by atoms with Crippen LogP contribution in [0.5, 0.6) is 5.75 Å². The van der Waals surface area contributed by atoms with Gasteiger partial charge in [0.05, 0.1) is 11.1 Å². The molecule has 0 saturated carbocycles. The number of alkyl halides is 4. The summed E-state index contributed by atoms with van der Waals surface area (Å²) in [7, 11) is 0. The molecule has 94 valence electrons. The van der Waals surface area contributed by atoms with E-state index in [0.717, 1.165) is 12.1 Å². The van der Waals surface area contributed by atoms with Gasteiger partial charge in [-0.2, -0.15) is 0 Å². The van der Waals surface area contributed by atoms with Gasteiger partial charge < -0.3 is 10.5 Å². The first-order valence-electron chi connectivity index (χ1n) is 4.54. The number of nitrogens with two attached hydrogens (primary N) is 1. The zero-order chi connectivity index (χ0) is 13.2. The summed E-state index contributed by atoms with van der Waals surface area (Å²) in [5, 5.41) is -0.774. The van der Waals surface area contributed by atoms with Gasteiger partial charge in [0, 0.05) is 5.56 Å². The third kappa shape index (κ3) is 3.81. The number of halogens is 4. The summed E-state index contributed by atoms with van der Waals surface area (Å²) in [6.07, 6.45) is -4.82. The second kappa shape index (κ2) is 4.83. The molecule has 0 saturated heterocycles. The van der Waals surface area contributed by atoms with Crippen molar-refractivity contribution >= 4 is 23.1 Å². The van der Waals surface area contributed by atoms with Crippen molar-refractivity contribution in [3.63, 3.8) is 0 Å². The minimum atomic E-state index is -4.82. The Balaban J connectivity index is 2.98. The number of benzene rings is 1. The number of ketones is 1. The van der Waals surface area contributed by atoms with Crippen molar-refractivity contribution < 1.29 is 22.7 Å². The minimum Gasteiger partial charge on any atom is -0.404 e. The van der Waals surface area contributed by atoms with E-state index >= 15 is 0 Å². The summed E-state index contributed by atoms with van der Waals surface area (Å²) in [5.41, 5.74) is 5.21. The molecular formula is C10H9ClF3NO2. The van der Waals surface area contributed by atoms with Gasteiger partial charge in [-0.3, -0.25) is 4.79 Å². The fourth-order valence-corrected chi connectivity index (χ4v) is 1.28. The average Bonchev–Trinajstić information content (AvgIpc) is 2.18. The maximum Gasteiger partial charge on any atom is 0.573 e. The van der Waals surface area contributed by atoms with E-state index in [-0.39, 0.29) is 11.3 Å². The smallest absolute Gasteiger partial charge is 0.404 e. The number of anilines is 1. The zero-order valence-corrected chi connectivity index (χ0v) is 9.47. The Kier molecular flexibility index (Phi) is 3.87. The molecule has 0 spiro atoms. The van der Waals surface area contributed by atoms with Gasteiger partial charge in [-0.15, -0.1) is 24.8 Å². The maximum absolute atomic E-state index is 11.9. The first-order chi connectivity index (χ1) is 7.70. The second-order valence-electron chi connectivity index (χ2n) is 3.28. The van der Waals surface area contributed by atoms with Gasteiger partial charge in [0.25, 0.3) is 0 Å². The van der Waals surface area contributed by atoms with E-state index in [2.05, 4.69) is 4.74 Å². The molecule has 1 aromatic rings. The first kappa shape index (κ1) is 13.6. The Labute approximate surface area is 100 Å². The molecule has 7 heteroatoms. The summed E-state index contributed by atoms with van der Waals surface area (Å²) in [4.78, 5) is 11.4. The highest BCUT2D eigenvalue weighted by molar-refractivity contribution is 6.33. The summed E-state index contributed by atoms with van der Waals surface area (Å²) in [5.74, 6) is -0.965. The summed E-state index contributed by atoms with van der Waals surface area (Å²) in [6.45, 7) is 1.46. The summed E-state index contributed by atoms with van der Waals surface area (Å²) < 4.78 is 39.5. The lowest BCUT2D eigenvalue weighted by molar-refractivity contribution is -0.274. The van der Waals surface area contributed by atoms with Crippen molar-refractivity contribution in [2.24, 2.45) is 0 Å². The zero-order valence-electron chi connectivity index (χ0n) is 8.72. The lowest BCUT2D eigenvalue weighted by Crippen LogP contribution is -2.18. The van der Waals surface area contributed by atoms with Crippen LogP contribution < -0.4 is 10.5 Å². The van der Waals surface area contributed by atoms with Gasteiger partial charge in [-0.05, 0) is 25.1 Å². The van der Waals surface area contributed by atoms with Crippen LogP contribution in [0, 0.1) is 0 Å². The van der Waals surface area contributed by atoms with Crippen LogP contribution in [0.15, 0.2) is 18.2 Å². The first-order valence-corrected chi connectivity index (χ1v) is 4.98. The van der Waals surface area contributed by atoms with Crippen LogP contribution in [0.25, 0.3) is 0 Å². The standard InChI is InChI=1S/C10H9ClF3NO2/c1-5(11)9(16)6-2-3-8(7(15)4-6)17-10(12,13)14/h2-5H,15H2,1H3. The van der Waals surface area contributed by atoms with Gasteiger partial charge >= 0.3 is 6.36 Å². The lowest BCUT2D eigenvalue weighted by atomic mass is 10.1. The summed E-state index contributed by atoms with van der Waals surface area (Å²) in [6, 6.07) is 3.26. The number of hydrogen-bond donors (Lipinski definition) is 1. The molecule has 0 aromatic heterocycles. The SMILES string of the molecule is CC(Cl)C(=O)c1ccc(OC(F)(F)F)c(N)c1. The predicted molar refractivity (Wildman–Crippen MR) is 57.2 cm³/mol. The van der Waals surface area contributed by atoms with Crippen LogP contribution in [-0.2, 0) is 0 Å². The molecule has 3 nitrogen and oxygen atoms in total. The monoisotopic (exact) mass is 267 g/mol. The van der Waals surface area contributed by atoms with Gasteiger partial charge in [-0.25, -0.2) is 0 Å². The molecule has 17 heavy (non-hydrogen) atoms. The largest absolute Gasteiger partial charge is 0.573 e. The maximum atomic E-state index is 11.9. The molecule has 0 aliphatic carbocycles. The van der Waals surface area contributed by atoms with Crippen LogP contribution in [0.2, 0.25) is 0 Å². The van der Waals surface area contributed by atoms with E-state index in [0.29, 0.717) is 0 Å². The van der Waals surface area contributed by atoms with Crippen LogP contribution in [0.4, 0.5) is 18.9 Å². The number of ether oxygens (including phenoxy) is 1. The van der Waals surface area contributed by atoms with Gasteiger partial charge in [-0.1, -0.05) is 0 Å². The Hall–Kier alpha value is -1.43. The van der Waals surface area contributed by atoms with E-state index in [1.165, 1.54) is 13.0 Å². The topological polar surface area (TPSA) is 52.3 Å². The Morgan fingerprint density at radius 1 is 1.47 bits per heavy atom. The van der Waals surface area contributed by atoms with Crippen molar-refractivity contribution in [2.45, 2.75) is 18.7 Å². The number of carbonyl (C=O) groups is 1. The van der Waals surface area contributed by atoms with Crippen molar-refractivity contribution in [1.29, 1.82) is 0 Å². The highest BCUT2D eigenvalue weighted by Crippen LogP contribution is 2.29. The highest BCUT2D eigenvalue weighted by Gasteiger charge is 2.32. The molecule has 0 bridgehead atoms. The van der Waals surface area contributed by atoms with E-state index in [4.69, 9.17) is 17.3 Å². The Morgan fingerprint density at radius 3 is 2.47 bits per heavy atom. The molecule has 1 atom stereocenters. The normalized spacial score (nSPS) is 13.2. The van der Waals surface area contributed by atoms with E-state index < -0.39 is 23.3 Å². The molecule has 0 amide bonds. The molecule has 0 heterocycles. The summed E-state index contributed by atoms with van der Waals surface area (Å²) >= 11 is 5.56. The fourth-order valence-electron chi connectivity index (χ4n) is 1.15. The molecule has 0 aliphatic rings. The Morgan fingerprint density at radius 2 is 2.06 bits per heavy atom. The number of carbonyl (C=O) groups excluding carboxylic acids is 1. The third-order valence-electron chi connectivity index (χ3n) is 1.88. The molecule has 1 rings (SSSR count). The fraction of sp³-hybridized carbons (Fsp3) is 0.300. The van der Waals surface area contributed by atoms with Crippen LogP contribution >= 0.6 is 11.6 Å². The Bertz CT molecular complexity index is 432. The van der Waals surface area contributed by atoms with Crippen LogP contribution in [-0.4, -0.2) is 17.5 Å².